The van der Waals surface area contributed by atoms with Crippen molar-refractivity contribution in [2.24, 2.45) is 0 Å². The number of unbranched alkanes of at least 4 members (excludes halogenated alkanes) is 10. The molecule has 1 fully saturated rings. The molecule has 3 N–H and O–H groups in total. The third-order valence-corrected chi connectivity index (χ3v) is 6.92. The summed E-state index contributed by atoms with van der Waals surface area (Å²) in [6.45, 7) is 2.87. The number of allylic oxidation sites excluding steroid dienone is 2. The van der Waals surface area contributed by atoms with Crippen molar-refractivity contribution in [3.8, 4) is 0 Å². The average Bonchev–Trinajstić information content (AvgIpc) is 3.38. The number of hydrogen-bond donors (Lipinski definition) is 3. The van der Waals surface area contributed by atoms with Crippen molar-refractivity contribution in [1.29, 1.82) is 0 Å². The van der Waals surface area contributed by atoms with E-state index in [0.717, 1.165) is 25.7 Å². The van der Waals surface area contributed by atoms with Gasteiger partial charge in [-0.15, -0.1) is 0 Å². The van der Waals surface area contributed by atoms with Gasteiger partial charge in [-0.2, -0.15) is 0 Å². The Balaban J connectivity index is 2.15. The Morgan fingerprint density at radius 1 is 0.805 bits per heavy atom. The predicted octanol–water partition coefficient (Wildman–Crippen LogP) is 3.72. The van der Waals surface area contributed by atoms with Gasteiger partial charge in [0.25, 0.3) is 0 Å². The molecule has 4 unspecified atom stereocenters. The molecule has 0 bridgehead atoms. The van der Waals surface area contributed by atoms with Crippen LogP contribution in [-0.4, -0.2) is 112 Å². The van der Waals surface area contributed by atoms with E-state index in [0.29, 0.717) is 6.42 Å². The molecule has 1 saturated heterocycles. The number of hydrogen-bond acceptors (Lipinski definition) is 10. The molecular formula is C31H58O10. The molecule has 0 radical (unpaired) electrons. The van der Waals surface area contributed by atoms with E-state index in [1.54, 1.807) is 0 Å². The minimum atomic E-state index is -0.560. The Morgan fingerprint density at radius 3 is 2.12 bits per heavy atom. The van der Waals surface area contributed by atoms with Gasteiger partial charge in [0.1, 0.15) is 31.0 Å². The lowest BCUT2D eigenvalue weighted by Crippen LogP contribution is -2.45. The van der Waals surface area contributed by atoms with Crippen LogP contribution in [0, 0.1) is 0 Å². The van der Waals surface area contributed by atoms with Crippen molar-refractivity contribution < 1.29 is 48.5 Å². The van der Waals surface area contributed by atoms with Crippen LogP contribution in [0.15, 0.2) is 12.2 Å². The fourth-order valence-electron chi connectivity index (χ4n) is 4.76. The van der Waals surface area contributed by atoms with E-state index in [1.165, 1.54) is 51.4 Å². The van der Waals surface area contributed by atoms with Gasteiger partial charge in [-0.3, -0.25) is 4.79 Å². The highest BCUT2D eigenvalue weighted by atomic mass is 16.6. The highest BCUT2D eigenvalue weighted by Gasteiger charge is 2.44. The molecule has 242 valence electrons. The van der Waals surface area contributed by atoms with Gasteiger partial charge in [-0.05, 0) is 32.1 Å². The minimum Gasteiger partial charge on any atom is -0.463 e. The van der Waals surface area contributed by atoms with Crippen molar-refractivity contribution in [2.75, 3.05) is 66.1 Å². The summed E-state index contributed by atoms with van der Waals surface area (Å²) in [4.78, 5) is 12.0. The number of aliphatic hydroxyl groups excluding tert-OH is 3. The molecule has 4 atom stereocenters. The fraction of sp³-hybridized carbons (Fsp3) is 0.903. The zero-order valence-corrected chi connectivity index (χ0v) is 25.4. The van der Waals surface area contributed by atoms with Crippen molar-refractivity contribution in [1.82, 2.24) is 0 Å². The molecule has 1 aliphatic heterocycles. The lowest BCUT2D eigenvalue weighted by molar-refractivity contribution is -0.149. The average molecular weight is 591 g/mol. The van der Waals surface area contributed by atoms with Crippen LogP contribution in [0.5, 0.6) is 0 Å². The molecule has 0 aromatic heterocycles. The smallest absolute Gasteiger partial charge is 0.305 e. The Labute approximate surface area is 247 Å². The summed E-state index contributed by atoms with van der Waals surface area (Å²) in [5, 5.41) is 27.5. The number of esters is 1. The standard InChI is InChI=1S/C31H58O10/c1-2-3-4-5-6-7-8-9-10-11-12-13-14-15-16-29(35)39-24-23-36-25-27(37-20-17-32)31-30(40-22-19-34)28(26-41-31)38-21-18-33/h8-9,27-28,30-34H,2-7,10-26H2,1H3/b9-8-. The van der Waals surface area contributed by atoms with E-state index in [2.05, 4.69) is 19.1 Å². The second-order valence-electron chi connectivity index (χ2n) is 10.4. The lowest BCUT2D eigenvalue weighted by Gasteiger charge is -2.29. The molecule has 0 aliphatic carbocycles. The molecular weight excluding hydrogens is 532 g/mol. The van der Waals surface area contributed by atoms with Gasteiger partial charge in [0.15, 0.2) is 0 Å². The van der Waals surface area contributed by atoms with Crippen LogP contribution in [0.4, 0.5) is 0 Å². The quantitative estimate of drug-likeness (QED) is 0.0672. The van der Waals surface area contributed by atoms with Crippen LogP contribution in [0.25, 0.3) is 0 Å². The Morgan fingerprint density at radius 2 is 1.44 bits per heavy atom. The normalized spacial score (nSPS) is 19.8. The maximum Gasteiger partial charge on any atom is 0.305 e. The van der Waals surface area contributed by atoms with E-state index in [-0.39, 0.29) is 72.0 Å². The molecule has 10 heteroatoms. The molecule has 0 amide bonds. The van der Waals surface area contributed by atoms with Crippen molar-refractivity contribution >= 4 is 5.97 Å². The second kappa shape index (κ2) is 27.7. The SMILES string of the molecule is CCCCCCC/C=C\CCCCCCCC(=O)OCCOCC(OCCO)C1OCC(OCCO)C1OCCO. The highest BCUT2D eigenvalue weighted by molar-refractivity contribution is 5.69. The van der Waals surface area contributed by atoms with Crippen molar-refractivity contribution in [2.45, 2.75) is 115 Å². The maximum atomic E-state index is 12.0. The molecule has 1 aliphatic rings. The Bertz CT molecular complexity index is 618. The Kier molecular flexibility index (Phi) is 25.6. The van der Waals surface area contributed by atoms with E-state index >= 15 is 0 Å². The van der Waals surface area contributed by atoms with Gasteiger partial charge in [-0.25, -0.2) is 0 Å². The lowest BCUT2D eigenvalue weighted by atomic mass is 10.1. The largest absolute Gasteiger partial charge is 0.463 e. The molecule has 1 rings (SSSR count). The topological polar surface area (TPSA) is 133 Å². The van der Waals surface area contributed by atoms with Gasteiger partial charge >= 0.3 is 5.97 Å². The van der Waals surface area contributed by atoms with Crippen LogP contribution in [-0.2, 0) is 33.2 Å². The second-order valence-corrected chi connectivity index (χ2v) is 10.4. The maximum absolute atomic E-state index is 12.0. The van der Waals surface area contributed by atoms with E-state index < -0.39 is 24.4 Å². The number of ether oxygens (including phenoxy) is 6. The summed E-state index contributed by atoms with van der Waals surface area (Å²) in [6, 6.07) is 0. The minimum absolute atomic E-state index is 0.0909. The predicted molar refractivity (Wildman–Crippen MR) is 157 cm³/mol. The summed E-state index contributed by atoms with van der Waals surface area (Å²) < 4.78 is 34.0. The van der Waals surface area contributed by atoms with Gasteiger partial charge < -0.3 is 43.7 Å². The van der Waals surface area contributed by atoms with Crippen LogP contribution < -0.4 is 0 Å². The zero-order chi connectivity index (χ0) is 29.8. The van der Waals surface area contributed by atoms with Gasteiger partial charge in [-0.1, -0.05) is 64.0 Å². The van der Waals surface area contributed by atoms with Gasteiger partial charge in [0.2, 0.25) is 0 Å². The van der Waals surface area contributed by atoms with E-state index in [4.69, 9.17) is 33.5 Å². The molecule has 10 nitrogen and oxygen atoms in total. The summed E-state index contributed by atoms with van der Waals surface area (Å²) in [6.07, 6.45) is 17.4. The molecule has 0 saturated carbocycles. The van der Waals surface area contributed by atoms with Crippen LogP contribution in [0.3, 0.4) is 0 Å². The third-order valence-electron chi connectivity index (χ3n) is 6.92. The fourth-order valence-corrected chi connectivity index (χ4v) is 4.76. The van der Waals surface area contributed by atoms with Crippen molar-refractivity contribution in [3.63, 3.8) is 0 Å². The van der Waals surface area contributed by atoms with Crippen LogP contribution >= 0.6 is 0 Å². The number of carbonyl (C=O) groups excluding carboxylic acids is 1. The molecule has 41 heavy (non-hydrogen) atoms. The van der Waals surface area contributed by atoms with Crippen LogP contribution in [0.2, 0.25) is 0 Å². The first-order valence-corrected chi connectivity index (χ1v) is 15.8. The highest BCUT2D eigenvalue weighted by Crippen LogP contribution is 2.25. The van der Waals surface area contributed by atoms with E-state index in [1.807, 2.05) is 0 Å². The molecule has 1 heterocycles. The van der Waals surface area contributed by atoms with Gasteiger partial charge in [0.05, 0.1) is 59.5 Å². The first-order valence-electron chi connectivity index (χ1n) is 15.8. The third kappa shape index (κ3) is 19.7. The number of rotatable bonds is 29. The Hall–Kier alpha value is -1.11. The number of aliphatic hydroxyl groups is 3. The zero-order valence-electron chi connectivity index (χ0n) is 25.4. The monoisotopic (exact) mass is 590 g/mol. The number of carbonyl (C=O) groups is 1. The summed E-state index contributed by atoms with van der Waals surface area (Å²) in [5.74, 6) is -0.219. The summed E-state index contributed by atoms with van der Waals surface area (Å²) >= 11 is 0. The first-order chi connectivity index (χ1) is 20.2. The first kappa shape index (κ1) is 37.9. The summed E-state index contributed by atoms with van der Waals surface area (Å²) in [5.41, 5.74) is 0. The molecule has 0 spiro atoms. The van der Waals surface area contributed by atoms with Gasteiger partial charge in [0, 0.05) is 6.42 Å². The summed E-state index contributed by atoms with van der Waals surface area (Å²) in [7, 11) is 0. The molecule has 0 aromatic rings. The van der Waals surface area contributed by atoms with Crippen molar-refractivity contribution in [3.05, 3.63) is 12.2 Å². The van der Waals surface area contributed by atoms with Crippen LogP contribution in [0.1, 0.15) is 90.4 Å². The van der Waals surface area contributed by atoms with E-state index in [9.17, 15) is 15.0 Å². The molecule has 0 aromatic carbocycles.